The maximum atomic E-state index is 11.9. The highest BCUT2D eigenvalue weighted by molar-refractivity contribution is 7.80. The monoisotopic (exact) mass is 291 g/mol. The minimum Gasteiger partial charge on any atom is -0.389 e. The van der Waals surface area contributed by atoms with E-state index < -0.39 is 12.6 Å². The lowest BCUT2D eigenvalue weighted by molar-refractivity contribution is -0.138. The first-order chi connectivity index (χ1) is 8.79. The molecule has 2 nitrogen and oxygen atoms in total. The lowest BCUT2D eigenvalue weighted by Gasteiger charge is -2.10. The number of nitrogens with two attached hydrogens (primary N) is 1. The molecule has 6 heteroatoms. The Hall–Kier alpha value is -1.14. The number of halogens is 3. The highest BCUT2D eigenvalue weighted by Gasteiger charge is 2.25. The summed E-state index contributed by atoms with van der Waals surface area (Å²) in [5, 5.41) is 0. The first kappa shape index (κ1) is 15.9. The molecule has 0 radical (unpaired) electrons. The quantitative estimate of drug-likeness (QED) is 0.643. The smallest absolute Gasteiger partial charge is 0.389 e. The molecule has 0 aliphatic carbocycles. The van der Waals surface area contributed by atoms with Crippen LogP contribution in [-0.4, -0.2) is 17.8 Å². The number of aryl methyl sites for hydroxylation is 1. The van der Waals surface area contributed by atoms with Crippen LogP contribution < -0.4 is 5.73 Å². The Kier molecular flexibility index (Phi) is 5.75. The van der Waals surface area contributed by atoms with Gasteiger partial charge >= 0.3 is 6.18 Å². The molecule has 0 spiro atoms. The third-order valence-electron chi connectivity index (χ3n) is 2.63. The number of hydrogen-bond donors (Lipinski definition) is 1. The van der Waals surface area contributed by atoms with Crippen LogP contribution in [0, 0.1) is 6.92 Å². The van der Waals surface area contributed by atoms with Crippen molar-refractivity contribution in [3.8, 4) is 0 Å². The minimum atomic E-state index is -4.11. The van der Waals surface area contributed by atoms with Gasteiger partial charge < -0.3 is 10.5 Å². The summed E-state index contributed by atoms with van der Waals surface area (Å²) in [5.41, 5.74) is 8.16. The fraction of sp³-hybridized carbons (Fsp3) is 0.462. The van der Waals surface area contributed by atoms with Crippen LogP contribution in [0.5, 0.6) is 0 Å². The molecule has 0 aliphatic rings. The van der Waals surface area contributed by atoms with Crippen molar-refractivity contribution in [3.63, 3.8) is 0 Å². The summed E-state index contributed by atoms with van der Waals surface area (Å²) in [5.74, 6) is 0. The Labute approximate surface area is 115 Å². The highest BCUT2D eigenvalue weighted by atomic mass is 32.1. The molecule has 0 bridgehead atoms. The van der Waals surface area contributed by atoms with E-state index in [1.807, 2.05) is 19.1 Å². The van der Waals surface area contributed by atoms with Crippen molar-refractivity contribution in [1.29, 1.82) is 0 Å². The number of benzene rings is 1. The van der Waals surface area contributed by atoms with E-state index in [-0.39, 0.29) is 13.0 Å². The average molecular weight is 291 g/mol. The van der Waals surface area contributed by atoms with E-state index in [0.717, 1.165) is 16.7 Å². The zero-order valence-electron chi connectivity index (χ0n) is 10.6. The Bertz CT molecular complexity index is 446. The Morgan fingerprint density at radius 1 is 1.37 bits per heavy atom. The topological polar surface area (TPSA) is 35.2 Å². The van der Waals surface area contributed by atoms with Gasteiger partial charge in [0.25, 0.3) is 0 Å². The van der Waals surface area contributed by atoms with Gasteiger partial charge in [0.15, 0.2) is 0 Å². The molecule has 1 rings (SSSR count). The lowest BCUT2D eigenvalue weighted by atomic mass is 10.1. The number of hydrogen-bond acceptors (Lipinski definition) is 2. The largest absolute Gasteiger partial charge is 0.389 e. The SMILES string of the molecule is Cc1cc(C(N)=S)ccc1COCCCC(F)(F)F. The van der Waals surface area contributed by atoms with Gasteiger partial charge in [0, 0.05) is 18.6 Å². The van der Waals surface area contributed by atoms with Crippen LogP contribution in [0.25, 0.3) is 0 Å². The summed E-state index contributed by atoms with van der Waals surface area (Å²) in [6, 6.07) is 5.45. The van der Waals surface area contributed by atoms with Crippen molar-refractivity contribution in [2.45, 2.75) is 32.5 Å². The van der Waals surface area contributed by atoms with Crippen LogP contribution in [0.1, 0.15) is 29.5 Å². The molecule has 0 heterocycles. The first-order valence-corrected chi connectivity index (χ1v) is 6.24. The molecular formula is C13H16F3NOS. The first-order valence-electron chi connectivity index (χ1n) is 5.83. The molecule has 1 aromatic rings. The molecule has 1 aromatic carbocycles. The van der Waals surface area contributed by atoms with E-state index >= 15 is 0 Å². The maximum Gasteiger partial charge on any atom is 0.389 e. The summed E-state index contributed by atoms with van der Waals surface area (Å²) >= 11 is 4.86. The molecular weight excluding hydrogens is 275 g/mol. The summed E-state index contributed by atoms with van der Waals surface area (Å²) in [6.45, 7) is 2.27. The Morgan fingerprint density at radius 2 is 2.05 bits per heavy atom. The summed E-state index contributed by atoms with van der Waals surface area (Å²) in [6.07, 6.45) is -4.95. The van der Waals surface area contributed by atoms with Gasteiger partial charge in [0.2, 0.25) is 0 Å². The number of rotatable bonds is 6. The predicted octanol–water partition coefficient (Wildman–Crippen LogP) is 3.49. The van der Waals surface area contributed by atoms with E-state index in [2.05, 4.69) is 0 Å². The van der Waals surface area contributed by atoms with E-state index in [4.69, 9.17) is 22.7 Å². The number of thiocarbonyl (C=S) groups is 1. The molecule has 0 aliphatic heterocycles. The van der Waals surface area contributed by atoms with Gasteiger partial charge in [-0.1, -0.05) is 24.4 Å². The molecule has 0 saturated carbocycles. The van der Waals surface area contributed by atoms with Gasteiger partial charge in [0.1, 0.15) is 4.99 Å². The van der Waals surface area contributed by atoms with E-state index in [1.54, 1.807) is 6.07 Å². The highest BCUT2D eigenvalue weighted by Crippen LogP contribution is 2.21. The zero-order chi connectivity index (χ0) is 14.5. The molecule has 0 fully saturated rings. The molecule has 0 atom stereocenters. The van der Waals surface area contributed by atoms with E-state index in [1.165, 1.54) is 0 Å². The molecule has 19 heavy (non-hydrogen) atoms. The molecule has 106 valence electrons. The lowest BCUT2D eigenvalue weighted by Crippen LogP contribution is -2.10. The third kappa shape index (κ3) is 6.02. The van der Waals surface area contributed by atoms with E-state index in [0.29, 0.717) is 11.6 Å². The van der Waals surface area contributed by atoms with Crippen molar-refractivity contribution < 1.29 is 17.9 Å². The second kappa shape index (κ2) is 6.86. The van der Waals surface area contributed by atoms with Gasteiger partial charge in [-0.05, 0) is 30.5 Å². The number of alkyl halides is 3. The van der Waals surface area contributed by atoms with Crippen molar-refractivity contribution in [3.05, 3.63) is 34.9 Å². The van der Waals surface area contributed by atoms with Crippen molar-refractivity contribution in [2.24, 2.45) is 5.73 Å². The normalized spacial score (nSPS) is 11.6. The molecule has 0 amide bonds. The van der Waals surface area contributed by atoms with Crippen LogP contribution in [0.3, 0.4) is 0 Å². The standard InChI is InChI=1S/C13H16F3NOS/c1-9-7-10(12(17)19)3-4-11(9)8-18-6-2-5-13(14,15)16/h3-4,7H,2,5-6,8H2,1H3,(H2,17,19). The molecule has 0 unspecified atom stereocenters. The van der Waals surface area contributed by atoms with Crippen molar-refractivity contribution in [1.82, 2.24) is 0 Å². The second-order valence-corrected chi connectivity index (χ2v) is 4.72. The maximum absolute atomic E-state index is 11.9. The molecule has 2 N–H and O–H groups in total. The van der Waals surface area contributed by atoms with E-state index in [9.17, 15) is 13.2 Å². The average Bonchev–Trinajstić information content (AvgIpc) is 2.28. The fourth-order valence-electron chi connectivity index (χ4n) is 1.57. The van der Waals surface area contributed by atoms with Gasteiger partial charge in [-0.3, -0.25) is 0 Å². The zero-order valence-corrected chi connectivity index (χ0v) is 11.4. The molecule has 0 aromatic heterocycles. The van der Waals surface area contributed by atoms with Crippen LogP contribution >= 0.6 is 12.2 Å². The Balaban J connectivity index is 2.40. The third-order valence-corrected chi connectivity index (χ3v) is 2.87. The van der Waals surface area contributed by atoms with Crippen LogP contribution in [0.4, 0.5) is 13.2 Å². The van der Waals surface area contributed by atoms with Gasteiger partial charge in [-0.15, -0.1) is 0 Å². The van der Waals surface area contributed by atoms with Gasteiger partial charge in [-0.25, -0.2) is 0 Å². The van der Waals surface area contributed by atoms with Crippen LogP contribution in [0.2, 0.25) is 0 Å². The number of ether oxygens (including phenoxy) is 1. The Morgan fingerprint density at radius 3 is 2.58 bits per heavy atom. The van der Waals surface area contributed by atoms with Crippen molar-refractivity contribution in [2.75, 3.05) is 6.61 Å². The van der Waals surface area contributed by atoms with Gasteiger partial charge in [0.05, 0.1) is 6.61 Å². The van der Waals surface area contributed by atoms with Crippen LogP contribution in [0.15, 0.2) is 18.2 Å². The minimum absolute atomic E-state index is 0.0203. The van der Waals surface area contributed by atoms with Crippen LogP contribution in [-0.2, 0) is 11.3 Å². The summed E-state index contributed by atoms with van der Waals surface area (Å²) < 4.78 is 41.0. The van der Waals surface area contributed by atoms with Crippen molar-refractivity contribution >= 4 is 17.2 Å². The second-order valence-electron chi connectivity index (χ2n) is 4.28. The summed E-state index contributed by atoms with van der Waals surface area (Å²) in [4.78, 5) is 0.320. The summed E-state index contributed by atoms with van der Waals surface area (Å²) in [7, 11) is 0. The fourth-order valence-corrected chi connectivity index (χ4v) is 1.69. The predicted molar refractivity (Wildman–Crippen MR) is 72.0 cm³/mol. The molecule has 0 saturated heterocycles. The van der Waals surface area contributed by atoms with Gasteiger partial charge in [-0.2, -0.15) is 13.2 Å².